The maximum absolute atomic E-state index is 12.8. The summed E-state index contributed by atoms with van der Waals surface area (Å²) in [7, 11) is 0. The number of carbonyl (C=O) groups is 2. The van der Waals surface area contributed by atoms with Crippen molar-refractivity contribution in [3.8, 4) is 11.5 Å². The molecular formula is C27H29NO5. The third-order valence-corrected chi connectivity index (χ3v) is 5.15. The van der Waals surface area contributed by atoms with Crippen molar-refractivity contribution in [2.75, 3.05) is 18.5 Å². The summed E-state index contributed by atoms with van der Waals surface area (Å²) in [4.78, 5) is 24.6. The van der Waals surface area contributed by atoms with E-state index in [1.165, 1.54) is 5.56 Å². The average Bonchev–Trinajstić information content (AvgIpc) is 2.81. The summed E-state index contributed by atoms with van der Waals surface area (Å²) < 4.78 is 16.7. The van der Waals surface area contributed by atoms with Crippen LogP contribution < -0.4 is 14.8 Å². The zero-order valence-electron chi connectivity index (χ0n) is 19.4. The molecule has 33 heavy (non-hydrogen) atoms. The van der Waals surface area contributed by atoms with Gasteiger partial charge in [-0.15, -0.1) is 0 Å². The Bertz CT molecular complexity index is 1120. The zero-order valence-corrected chi connectivity index (χ0v) is 19.4. The van der Waals surface area contributed by atoms with Crippen LogP contribution in [0.25, 0.3) is 0 Å². The smallest absolute Gasteiger partial charge is 0.338 e. The van der Waals surface area contributed by atoms with Gasteiger partial charge in [-0.1, -0.05) is 6.07 Å². The van der Waals surface area contributed by atoms with Crippen molar-refractivity contribution in [1.29, 1.82) is 0 Å². The molecule has 0 bridgehead atoms. The molecule has 3 rings (SSSR count). The van der Waals surface area contributed by atoms with Gasteiger partial charge in [0, 0.05) is 16.8 Å². The lowest BCUT2D eigenvalue weighted by atomic mass is 10.1. The fourth-order valence-electron chi connectivity index (χ4n) is 3.20. The molecule has 172 valence electrons. The molecule has 6 heteroatoms. The van der Waals surface area contributed by atoms with E-state index in [1.54, 1.807) is 49.4 Å². The molecule has 1 amide bonds. The van der Waals surface area contributed by atoms with Crippen molar-refractivity contribution in [2.24, 2.45) is 0 Å². The van der Waals surface area contributed by atoms with Crippen LogP contribution in [0, 0.1) is 13.8 Å². The molecule has 0 fully saturated rings. The summed E-state index contributed by atoms with van der Waals surface area (Å²) in [6, 6.07) is 17.8. The fraction of sp³-hybridized carbons (Fsp3) is 0.259. The molecule has 0 spiro atoms. The summed E-state index contributed by atoms with van der Waals surface area (Å²) >= 11 is 0. The Morgan fingerprint density at radius 2 is 1.52 bits per heavy atom. The van der Waals surface area contributed by atoms with Crippen LogP contribution in [-0.4, -0.2) is 25.1 Å². The van der Waals surface area contributed by atoms with Gasteiger partial charge in [0.25, 0.3) is 5.91 Å². The number of aryl methyl sites for hydroxylation is 2. The van der Waals surface area contributed by atoms with E-state index in [9.17, 15) is 9.59 Å². The van der Waals surface area contributed by atoms with Gasteiger partial charge < -0.3 is 19.5 Å². The zero-order chi connectivity index (χ0) is 23.8. The maximum Gasteiger partial charge on any atom is 0.338 e. The second-order valence-corrected chi connectivity index (χ2v) is 7.54. The van der Waals surface area contributed by atoms with Crippen LogP contribution in [0.2, 0.25) is 0 Å². The number of nitrogens with one attached hydrogen (secondary N) is 1. The van der Waals surface area contributed by atoms with Crippen LogP contribution in [0.3, 0.4) is 0 Å². The highest BCUT2D eigenvalue weighted by Crippen LogP contribution is 2.24. The quantitative estimate of drug-likeness (QED) is 0.425. The van der Waals surface area contributed by atoms with Crippen LogP contribution in [0.1, 0.15) is 51.3 Å². The van der Waals surface area contributed by atoms with E-state index >= 15 is 0 Å². The molecule has 0 saturated carbocycles. The number of carbonyl (C=O) groups excluding carboxylic acids is 2. The highest BCUT2D eigenvalue weighted by Gasteiger charge is 2.13. The Labute approximate surface area is 194 Å². The van der Waals surface area contributed by atoms with Crippen LogP contribution in [0.5, 0.6) is 11.5 Å². The van der Waals surface area contributed by atoms with E-state index in [0.29, 0.717) is 35.8 Å². The van der Waals surface area contributed by atoms with E-state index < -0.39 is 5.97 Å². The van der Waals surface area contributed by atoms with Gasteiger partial charge >= 0.3 is 5.97 Å². The summed E-state index contributed by atoms with van der Waals surface area (Å²) in [5.74, 6) is 0.776. The van der Waals surface area contributed by atoms with E-state index in [-0.39, 0.29) is 12.5 Å². The van der Waals surface area contributed by atoms with Gasteiger partial charge in [0.15, 0.2) is 0 Å². The van der Waals surface area contributed by atoms with Gasteiger partial charge in [-0.25, -0.2) is 4.79 Å². The number of anilines is 1. The maximum atomic E-state index is 12.8. The molecule has 0 radical (unpaired) electrons. The number of esters is 1. The first-order valence-electron chi connectivity index (χ1n) is 11.0. The highest BCUT2D eigenvalue weighted by atomic mass is 16.5. The van der Waals surface area contributed by atoms with Crippen LogP contribution in [0.15, 0.2) is 60.7 Å². The van der Waals surface area contributed by atoms with E-state index in [2.05, 4.69) is 12.2 Å². The van der Waals surface area contributed by atoms with Crippen molar-refractivity contribution >= 4 is 17.6 Å². The number of hydrogen-bond donors (Lipinski definition) is 1. The molecule has 0 saturated heterocycles. The lowest BCUT2D eigenvalue weighted by molar-refractivity contribution is 0.0526. The number of ether oxygens (including phenoxy) is 3. The molecule has 0 aromatic heterocycles. The Balaban J connectivity index is 1.73. The molecule has 6 nitrogen and oxygen atoms in total. The van der Waals surface area contributed by atoms with E-state index in [0.717, 1.165) is 16.9 Å². The monoisotopic (exact) mass is 447 g/mol. The van der Waals surface area contributed by atoms with Crippen molar-refractivity contribution in [2.45, 2.75) is 34.3 Å². The fourth-order valence-corrected chi connectivity index (χ4v) is 3.20. The lowest BCUT2D eigenvalue weighted by Crippen LogP contribution is -2.13. The molecular weight excluding hydrogens is 418 g/mol. The number of rotatable bonds is 9. The Morgan fingerprint density at radius 1 is 0.788 bits per heavy atom. The third-order valence-electron chi connectivity index (χ3n) is 5.15. The van der Waals surface area contributed by atoms with Gasteiger partial charge in [0.1, 0.15) is 18.1 Å². The van der Waals surface area contributed by atoms with Gasteiger partial charge in [-0.3, -0.25) is 4.79 Å². The van der Waals surface area contributed by atoms with E-state index in [1.807, 2.05) is 32.0 Å². The van der Waals surface area contributed by atoms with Crippen LogP contribution in [-0.2, 0) is 11.3 Å². The van der Waals surface area contributed by atoms with Gasteiger partial charge in [-0.05, 0) is 93.4 Å². The minimum Gasteiger partial charge on any atom is -0.493 e. The molecule has 1 N–H and O–H groups in total. The number of hydrogen-bond acceptors (Lipinski definition) is 5. The molecule has 0 unspecified atom stereocenters. The molecule has 0 aliphatic rings. The predicted molar refractivity (Wildman–Crippen MR) is 128 cm³/mol. The Hall–Kier alpha value is -3.80. The van der Waals surface area contributed by atoms with Gasteiger partial charge in [0.2, 0.25) is 0 Å². The van der Waals surface area contributed by atoms with Crippen LogP contribution >= 0.6 is 0 Å². The average molecular weight is 448 g/mol. The van der Waals surface area contributed by atoms with Crippen molar-refractivity contribution in [3.63, 3.8) is 0 Å². The van der Waals surface area contributed by atoms with Crippen molar-refractivity contribution < 1.29 is 23.8 Å². The number of benzene rings is 3. The molecule has 0 aliphatic carbocycles. The van der Waals surface area contributed by atoms with Gasteiger partial charge in [0.05, 0.1) is 18.8 Å². The summed E-state index contributed by atoms with van der Waals surface area (Å²) in [6.07, 6.45) is 0. The SMILES string of the molecule is CCOC(=O)c1ccc(NC(=O)c2ccc(OCC)c(COc3ccc(C)c(C)c3)c2)cc1. The third kappa shape index (κ3) is 6.35. The summed E-state index contributed by atoms with van der Waals surface area (Å²) in [5, 5.41) is 2.85. The number of amides is 1. The Morgan fingerprint density at radius 3 is 2.18 bits per heavy atom. The molecule has 0 aliphatic heterocycles. The highest BCUT2D eigenvalue weighted by molar-refractivity contribution is 6.04. The topological polar surface area (TPSA) is 73.9 Å². The summed E-state index contributed by atoms with van der Waals surface area (Å²) in [6.45, 7) is 8.85. The normalized spacial score (nSPS) is 10.4. The molecule has 3 aromatic carbocycles. The standard InChI is InChI=1S/C27H29NO5/c1-5-31-25-14-10-21(16-22(25)17-33-24-13-7-18(3)19(4)15-24)26(29)28-23-11-8-20(9-12-23)27(30)32-6-2/h7-16H,5-6,17H2,1-4H3,(H,28,29). The van der Waals surface area contributed by atoms with Gasteiger partial charge in [-0.2, -0.15) is 0 Å². The predicted octanol–water partition coefficient (Wildman–Crippen LogP) is 5.71. The second kappa shape index (κ2) is 11.2. The van der Waals surface area contributed by atoms with E-state index in [4.69, 9.17) is 14.2 Å². The first-order chi connectivity index (χ1) is 15.9. The summed E-state index contributed by atoms with van der Waals surface area (Å²) in [5.41, 5.74) is 4.62. The molecule has 0 heterocycles. The molecule has 3 aromatic rings. The minimum atomic E-state index is -0.393. The lowest BCUT2D eigenvalue weighted by Gasteiger charge is -2.14. The van der Waals surface area contributed by atoms with Crippen molar-refractivity contribution in [1.82, 2.24) is 0 Å². The Kier molecular flexibility index (Phi) is 8.08. The first kappa shape index (κ1) is 23.9. The second-order valence-electron chi connectivity index (χ2n) is 7.54. The molecule has 0 atom stereocenters. The van der Waals surface area contributed by atoms with Crippen LogP contribution in [0.4, 0.5) is 5.69 Å². The first-order valence-corrected chi connectivity index (χ1v) is 11.0. The minimum absolute atomic E-state index is 0.269. The van der Waals surface area contributed by atoms with Crippen molar-refractivity contribution in [3.05, 3.63) is 88.5 Å². The largest absolute Gasteiger partial charge is 0.493 e.